The van der Waals surface area contributed by atoms with E-state index in [1.807, 2.05) is 34.7 Å². The van der Waals surface area contributed by atoms with Gasteiger partial charge in [0.1, 0.15) is 12.2 Å². The van der Waals surface area contributed by atoms with Crippen molar-refractivity contribution in [1.82, 2.24) is 19.7 Å². The number of ether oxygens (including phenoxy) is 3. The minimum Gasteiger partial charge on any atom is -0.379 e. The molecule has 10 nitrogen and oxygen atoms in total. The maximum atomic E-state index is 14.7. The summed E-state index contributed by atoms with van der Waals surface area (Å²) in [6.45, 7) is 4.94. The number of aryl methyl sites for hydroxylation is 1. The number of hydrogen-bond donors (Lipinski definition) is 0. The predicted molar refractivity (Wildman–Crippen MR) is 178 cm³/mol. The summed E-state index contributed by atoms with van der Waals surface area (Å²) in [7, 11) is 5.24. The number of rotatable bonds is 10. The number of piperidine rings is 2. The van der Waals surface area contributed by atoms with E-state index < -0.39 is 17.6 Å². The van der Waals surface area contributed by atoms with Crippen LogP contribution in [0.15, 0.2) is 42.7 Å². The molecule has 1 amide bonds. The Morgan fingerprint density at radius 3 is 2.47 bits per heavy atom. The van der Waals surface area contributed by atoms with E-state index >= 15 is 0 Å². The SMILES string of the molecule is COC(OC)C1CCN(C[C@H]2CCCN(c3cc4c(c(C(F)(F)F)c3)CN(c3cccc(C5(Cc6nncn6C)COC5)c3)C4=O)C2)CC1. The van der Waals surface area contributed by atoms with Crippen molar-refractivity contribution in [2.24, 2.45) is 18.9 Å². The number of likely N-dealkylation sites (tertiary alicyclic amines) is 1. The third kappa shape index (κ3) is 6.70. The molecule has 0 aliphatic carbocycles. The van der Waals surface area contributed by atoms with Gasteiger partial charge in [-0.1, -0.05) is 12.1 Å². The zero-order chi connectivity index (χ0) is 34.3. The second-order valence-electron chi connectivity index (χ2n) is 14.2. The lowest BCUT2D eigenvalue weighted by Crippen LogP contribution is -2.49. The second kappa shape index (κ2) is 13.7. The number of fused-ring (bicyclic) bond motifs is 1. The molecule has 1 atom stereocenters. The lowest BCUT2D eigenvalue weighted by atomic mass is 9.75. The number of benzene rings is 2. The lowest BCUT2D eigenvalue weighted by molar-refractivity contribution is -0.147. The molecule has 2 aromatic carbocycles. The summed E-state index contributed by atoms with van der Waals surface area (Å²) in [5.41, 5.74) is 1.08. The van der Waals surface area contributed by atoms with Gasteiger partial charge in [0, 0.05) is 75.6 Å². The fraction of sp³-hybridized carbons (Fsp3) is 0.583. The zero-order valence-electron chi connectivity index (χ0n) is 28.4. The van der Waals surface area contributed by atoms with Gasteiger partial charge in [0.2, 0.25) is 0 Å². The molecule has 0 radical (unpaired) electrons. The Labute approximate surface area is 285 Å². The first-order chi connectivity index (χ1) is 23.6. The van der Waals surface area contributed by atoms with Crippen LogP contribution in [0.1, 0.15) is 58.6 Å². The molecule has 0 spiro atoms. The molecule has 5 heterocycles. The smallest absolute Gasteiger partial charge is 0.379 e. The average Bonchev–Trinajstić information content (AvgIpc) is 3.64. The molecule has 3 fully saturated rings. The van der Waals surface area contributed by atoms with Crippen LogP contribution in [0.25, 0.3) is 0 Å². The van der Waals surface area contributed by atoms with Crippen molar-refractivity contribution in [1.29, 1.82) is 0 Å². The summed E-state index contributed by atoms with van der Waals surface area (Å²) in [6, 6.07) is 10.5. The zero-order valence-corrected chi connectivity index (χ0v) is 28.4. The number of aromatic nitrogens is 3. The fourth-order valence-corrected chi connectivity index (χ4v) is 8.23. The number of alkyl halides is 3. The fourth-order valence-electron chi connectivity index (χ4n) is 8.23. The molecule has 0 N–H and O–H groups in total. The Kier molecular flexibility index (Phi) is 9.46. The highest BCUT2D eigenvalue weighted by Crippen LogP contribution is 2.43. The first-order valence-corrected chi connectivity index (χ1v) is 17.2. The highest BCUT2D eigenvalue weighted by atomic mass is 19.4. The normalized spacial score (nSPS) is 21.8. The summed E-state index contributed by atoms with van der Waals surface area (Å²) in [4.78, 5) is 20.0. The van der Waals surface area contributed by atoms with E-state index in [2.05, 4.69) is 15.1 Å². The number of anilines is 2. The molecular weight excluding hydrogens is 637 g/mol. The van der Waals surface area contributed by atoms with Crippen molar-refractivity contribution >= 4 is 17.3 Å². The van der Waals surface area contributed by atoms with Gasteiger partial charge in [0.15, 0.2) is 6.29 Å². The van der Waals surface area contributed by atoms with Crippen molar-refractivity contribution in [3.8, 4) is 0 Å². The van der Waals surface area contributed by atoms with Gasteiger partial charge in [-0.15, -0.1) is 10.2 Å². The largest absolute Gasteiger partial charge is 0.416 e. The van der Waals surface area contributed by atoms with Crippen LogP contribution in [0, 0.1) is 11.8 Å². The molecule has 49 heavy (non-hydrogen) atoms. The monoisotopic (exact) mass is 682 g/mol. The average molecular weight is 683 g/mol. The first-order valence-electron chi connectivity index (χ1n) is 17.2. The Hall–Kier alpha value is -3.52. The highest BCUT2D eigenvalue weighted by Gasteiger charge is 2.44. The lowest BCUT2D eigenvalue weighted by Gasteiger charge is -2.42. The molecule has 3 aromatic rings. The number of carbonyl (C=O) groups is 1. The van der Waals surface area contributed by atoms with Crippen LogP contribution in [-0.2, 0) is 45.8 Å². The van der Waals surface area contributed by atoms with Gasteiger partial charge >= 0.3 is 6.18 Å². The number of amides is 1. The summed E-state index contributed by atoms with van der Waals surface area (Å²) >= 11 is 0. The van der Waals surface area contributed by atoms with Crippen molar-refractivity contribution < 1.29 is 32.2 Å². The van der Waals surface area contributed by atoms with Crippen LogP contribution in [-0.4, -0.2) is 92.0 Å². The van der Waals surface area contributed by atoms with E-state index in [1.165, 1.54) is 11.0 Å². The van der Waals surface area contributed by atoms with Crippen LogP contribution in [0.2, 0.25) is 0 Å². The highest BCUT2D eigenvalue weighted by molar-refractivity contribution is 6.11. The quantitative estimate of drug-likeness (QED) is 0.275. The molecule has 7 rings (SSSR count). The van der Waals surface area contributed by atoms with Gasteiger partial charge in [0.25, 0.3) is 5.91 Å². The van der Waals surface area contributed by atoms with E-state index in [9.17, 15) is 18.0 Å². The van der Waals surface area contributed by atoms with Gasteiger partial charge < -0.3 is 33.5 Å². The minimum atomic E-state index is -4.59. The minimum absolute atomic E-state index is 0.0364. The molecule has 264 valence electrons. The van der Waals surface area contributed by atoms with Crippen molar-refractivity contribution in [3.63, 3.8) is 0 Å². The van der Waals surface area contributed by atoms with E-state index in [4.69, 9.17) is 14.2 Å². The van der Waals surface area contributed by atoms with Gasteiger partial charge in [-0.3, -0.25) is 4.79 Å². The number of carbonyl (C=O) groups excluding carboxylic acids is 1. The molecule has 4 aliphatic rings. The van der Waals surface area contributed by atoms with Gasteiger partial charge in [-0.2, -0.15) is 13.2 Å². The van der Waals surface area contributed by atoms with Crippen LogP contribution in [0.3, 0.4) is 0 Å². The molecule has 3 saturated heterocycles. The topological polar surface area (TPSA) is 85.2 Å². The number of nitrogens with zero attached hydrogens (tertiary/aromatic N) is 6. The summed E-state index contributed by atoms with van der Waals surface area (Å²) < 4.78 is 62.4. The molecule has 4 aliphatic heterocycles. The van der Waals surface area contributed by atoms with Crippen molar-refractivity contribution in [2.75, 3.05) is 70.0 Å². The van der Waals surface area contributed by atoms with Crippen LogP contribution in [0.4, 0.5) is 24.5 Å². The molecule has 1 aromatic heterocycles. The Balaban J connectivity index is 1.09. The Bertz CT molecular complexity index is 1650. The van der Waals surface area contributed by atoms with E-state index in [0.29, 0.717) is 55.9 Å². The van der Waals surface area contributed by atoms with Crippen LogP contribution >= 0.6 is 0 Å². The van der Waals surface area contributed by atoms with Crippen LogP contribution < -0.4 is 9.80 Å². The van der Waals surface area contributed by atoms with Gasteiger partial charge in [-0.25, -0.2) is 0 Å². The number of halogens is 3. The third-order valence-corrected chi connectivity index (χ3v) is 11.0. The Morgan fingerprint density at radius 2 is 1.82 bits per heavy atom. The van der Waals surface area contributed by atoms with Gasteiger partial charge in [-0.05, 0) is 80.1 Å². The van der Waals surface area contributed by atoms with E-state index in [0.717, 1.165) is 56.7 Å². The predicted octanol–water partition coefficient (Wildman–Crippen LogP) is 5.05. The Morgan fingerprint density at radius 1 is 1.04 bits per heavy atom. The molecule has 0 saturated carbocycles. The summed E-state index contributed by atoms with van der Waals surface area (Å²) in [6.07, 6.45) is 1.35. The molecule has 13 heteroatoms. The van der Waals surface area contributed by atoms with E-state index in [-0.39, 0.29) is 29.4 Å². The first kappa shape index (κ1) is 34.0. The van der Waals surface area contributed by atoms with E-state index in [1.54, 1.807) is 32.7 Å². The standard InChI is InChI=1S/C36H45F3N6O4/c1-42-23-40-41-32(42)17-35(21-49-22-35)26-7-4-8-27(14-26)45-20-30-29(33(45)46)15-28(16-31(30)36(37,38)39)44-11-5-6-24(19-44)18-43-12-9-25(10-13-43)34(47-2)48-3/h4,7-8,14-16,23-25,34H,5-6,9-13,17-22H2,1-3H3/t24-/m1/s1. The maximum absolute atomic E-state index is 14.7. The van der Waals surface area contributed by atoms with Crippen molar-refractivity contribution in [2.45, 2.75) is 56.5 Å². The molecular formula is C36H45F3N6O4. The third-order valence-electron chi connectivity index (χ3n) is 11.0. The molecule has 0 unspecified atom stereocenters. The molecule has 0 bridgehead atoms. The van der Waals surface area contributed by atoms with Crippen LogP contribution in [0.5, 0.6) is 0 Å². The number of methoxy groups -OCH3 is 2. The maximum Gasteiger partial charge on any atom is 0.416 e. The summed E-state index contributed by atoms with van der Waals surface area (Å²) in [5.74, 6) is 1.09. The second-order valence-corrected chi connectivity index (χ2v) is 14.2. The number of hydrogen-bond acceptors (Lipinski definition) is 8. The van der Waals surface area contributed by atoms with Gasteiger partial charge in [0.05, 0.1) is 25.3 Å². The summed E-state index contributed by atoms with van der Waals surface area (Å²) in [5, 5.41) is 8.24. The van der Waals surface area contributed by atoms with Crippen molar-refractivity contribution in [3.05, 3.63) is 70.8 Å².